The Bertz CT molecular complexity index is 905. The molecule has 2 heterocycles. The van der Waals surface area contributed by atoms with Crippen molar-refractivity contribution in [1.82, 2.24) is 14.8 Å². The van der Waals surface area contributed by atoms with Crippen LogP contribution >= 0.6 is 0 Å². The Labute approximate surface area is 159 Å². The number of nitrogens with zero attached hydrogens (tertiary/aromatic N) is 3. The van der Waals surface area contributed by atoms with E-state index in [1.807, 2.05) is 30.3 Å². The summed E-state index contributed by atoms with van der Waals surface area (Å²) in [7, 11) is 2.16. The standard InChI is InChI=1S/C22H24FN3O/c1-25-10-12-26(13-11-25)14-15-27-19-5-2-17(3-6-19)22-20-8-9-24-16-18(20)4-7-21(22)23/h2-9,16H,10-15H2,1H3. The maximum Gasteiger partial charge on any atom is 0.131 e. The van der Waals surface area contributed by atoms with Crippen molar-refractivity contribution in [2.75, 3.05) is 46.4 Å². The molecule has 0 bridgehead atoms. The van der Waals surface area contributed by atoms with Crippen LogP contribution in [0.1, 0.15) is 0 Å². The molecule has 1 aliphatic rings. The fourth-order valence-corrected chi connectivity index (χ4v) is 3.52. The molecule has 0 aliphatic carbocycles. The summed E-state index contributed by atoms with van der Waals surface area (Å²) >= 11 is 0. The zero-order valence-corrected chi connectivity index (χ0v) is 15.6. The largest absolute Gasteiger partial charge is 0.492 e. The normalized spacial score (nSPS) is 15.9. The van der Waals surface area contributed by atoms with E-state index in [0.29, 0.717) is 12.2 Å². The Balaban J connectivity index is 1.43. The van der Waals surface area contributed by atoms with Gasteiger partial charge in [0.25, 0.3) is 0 Å². The Kier molecular flexibility index (Phi) is 5.32. The van der Waals surface area contributed by atoms with E-state index < -0.39 is 0 Å². The first-order valence-electron chi connectivity index (χ1n) is 9.37. The topological polar surface area (TPSA) is 28.6 Å². The molecule has 1 saturated heterocycles. The summed E-state index contributed by atoms with van der Waals surface area (Å²) in [6.07, 6.45) is 3.45. The lowest BCUT2D eigenvalue weighted by atomic mass is 9.99. The van der Waals surface area contributed by atoms with Crippen molar-refractivity contribution in [1.29, 1.82) is 0 Å². The second-order valence-corrected chi connectivity index (χ2v) is 7.04. The Morgan fingerprint density at radius 2 is 1.78 bits per heavy atom. The fraction of sp³-hybridized carbons (Fsp3) is 0.318. The fourth-order valence-electron chi connectivity index (χ4n) is 3.52. The summed E-state index contributed by atoms with van der Waals surface area (Å²) in [4.78, 5) is 8.89. The van der Waals surface area contributed by atoms with Gasteiger partial charge in [-0.2, -0.15) is 0 Å². The van der Waals surface area contributed by atoms with Gasteiger partial charge >= 0.3 is 0 Å². The number of piperazine rings is 1. The molecule has 3 aromatic rings. The van der Waals surface area contributed by atoms with Crippen LogP contribution in [0.3, 0.4) is 0 Å². The monoisotopic (exact) mass is 365 g/mol. The van der Waals surface area contributed by atoms with Gasteiger partial charge in [0.05, 0.1) is 0 Å². The lowest BCUT2D eigenvalue weighted by Gasteiger charge is -2.32. The van der Waals surface area contributed by atoms with Gasteiger partial charge in [-0.25, -0.2) is 4.39 Å². The molecule has 5 heteroatoms. The molecule has 0 saturated carbocycles. The molecule has 1 fully saturated rings. The average Bonchev–Trinajstić information content (AvgIpc) is 2.70. The van der Waals surface area contributed by atoms with E-state index in [1.54, 1.807) is 18.5 Å². The van der Waals surface area contributed by atoms with E-state index in [0.717, 1.165) is 54.8 Å². The second-order valence-electron chi connectivity index (χ2n) is 7.04. The minimum atomic E-state index is -0.225. The van der Waals surface area contributed by atoms with Crippen molar-refractivity contribution in [2.24, 2.45) is 0 Å². The molecule has 0 radical (unpaired) electrons. The van der Waals surface area contributed by atoms with Crippen LogP contribution in [0.25, 0.3) is 21.9 Å². The number of halogens is 1. The van der Waals surface area contributed by atoms with Gasteiger partial charge in [-0.1, -0.05) is 12.1 Å². The van der Waals surface area contributed by atoms with Crippen molar-refractivity contribution in [3.05, 3.63) is 60.7 Å². The number of aromatic nitrogens is 1. The summed E-state index contributed by atoms with van der Waals surface area (Å²) in [5.74, 6) is 0.590. The molecular formula is C22H24FN3O. The highest BCUT2D eigenvalue weighted by molar-refractivity contribution is 5.96. The van der Waals surface area contributed by atoms with E-state index in [2.05, 4.69) is 21.8 Å². The molecule has 1 aromatic heterocycles. The first-order chi connectivity index (χ1) is 13.2. The van der Waals surface area contributed by atoms with Crippen LogP contribution in [0, 0.1) is 5.82 Å². The van der Waals surface area contributed by atoms with Crippen LogP contribution in [0.5, 0.6) is 5.75 Å². The molecule has 0 spiro atoms. The number of benzene rings is 2. The third-order valence-electron chi connectivity index (χ3n) is 5.18. The van der Waals surface area contributed by atoms with Crippen LogP contribution < -0.4 is 4.74 Å². The van der Waals surface area contributed by atoms with E-state index >= 15 is 0 Å². The molecule has 4 rings (SSSR count). The van der Waals surface area contributed by atoms with Gasteiger partial charge in [0.1, 0.15) is 18.2 Å². The number of fused-ring (bicyclic) bond motifs is 1. The summed E-state index contributed by atoms with van der Waals surface area (Å²) in [6, 6.07) is 12.8. The number of hydrogen-bond donors (Lipinski definition) is 0. The predicted octanol–water partition coefficient (Wildman–Crippen LogP) is 3.67. The first kappa shape index (κ1) is 17.9. The molecular weight excluding hydrogens is 341 g/mol. The molecule has 1 aliphatic heterocycles. The van der Waals surface area contributed by atoms with Crippen LogP contribution in [-0.2, 0) is 0 Å². The van der Waals surface area contributed by atoms with E-state index in [4.69, 9.17) is 4.74 Å². The summed E-state index contributed by atoms with van der Waals surface area (Å²) in [5, 5.41) is 1.80. The molecule has 0 amide bonds. The molecule has 0 N–H and O–H groups in total. The van der Waals surface area contributed by atoms with Crippen molar-refractivity contribution in [3.8, 4) is 16.9 Å². The molecule has 4 nitrogen and oxygen atoms in total. The average molecular weight is 365 g/mol. The predicted molar refractivity (Wildman–Crippen MR) is 107 cm³/mol. The summed E-state index contributed by atoms with van der Waals surface area (Å²) in [5.41, 5.74) is 1.45. The van der Waals surface area contributed by atoms with Crippen molar-refractivity contribution in [2.45, 2.75) is 0 Å². The molecule has 2 aromatic carbocycles. The van der Waals surface area contributed by atoms with Crippen molar-refractivity contribution >= 4 is 10.8 Å². The number of ether oxygens (including phenoxy) is 1. The smallest absolute Gasteiger partial charge is 0.131 e. The van der Waals surface area contributed by atoms with Crippen LogP contribution in [0.15, 0.2) is 54.9 Å². The minimum absolute atomic E-state index is 0.225. The highest BCUT2D eigenvalue weighted by Gasteiger charge is 2.13. The van der Waals surface area contributed by atoms with Gasteiger partial charge in [0.15, 0.2) is 0 Å². The lowest BCUT2D eigenvalue weighted by molar-refractivity contribution is 0.134. The zero-order chi connectivity index (χ0) is 18.6. The highest BCUT2D eigenvalue weighted by Crippen LogP contribution is 2.31. The third-order valence-corrected chi connectivity index (χ3v) is 5.18. The number of rotatable bonds is 5. The van der Waals surface area contributed by atoms with Gasteiger partial charge in [0.2, 0.25) is 0 Å². The molecule has 0 atom stereocenters. The lowest BCUT2D eigenvalue weighted by Crippen LogP contribution is -2.45. The Morgan fingerprint density at radius 1 is 1.00 bits per heavy atom. The van der Waals surface area contributed by atoms with E-state index in [9.17, 15) is 4.39 Å². The maximum atomic E-state index is 14.5. The highest BCUT2D eigenvalue weighted by atomic mass is 19.1. The second kappa shape index (κ2) is 8.03. The van der Waals surface area contributed by atoms with Gasteiger partial charge < -0.3 is 9.64 Å². The number of pyridine rings is 1. The van der Waals surface area contributed by atoms with Crippen LogP contribution in [-0.4, -0.2) is 61.2 Å². The maximum absolute atomic E-state index is 14.5. The van der Waals surface area contributed by atoms with Crippen LogP contribution in [0.2, 0.25) is 0 Å². The number of hydrogen-bond acceptors (Lipinski definition) is 4. The number of likely N-dealkylation sites (N-methyl/N-ethyl adjacent to an activating group) is 1. The summed E-state index contributed by atoms with van der Waals surface area (Å²) < 4.78 is 20.4. The van der Waals surface area contributed by atoms with Crippen LogP contribution in [0.4, 0.5) is 4.39 Å². The minimum Gasteiger partial charge on any atom is -0.492 e. The van der Waals surface area contributed by atoms with Gasteiger partial charge in [-0.3, -0.25) is 9.88 Å². The van der Waals surface area contributed by atoms with E-state index in [-0.39, 0.29) is 5.82 Å². The SMILES string of the molecule is CN1CCN(CCOc2ccc(-c3c(F)ccc4cnccc34)cc2)CC1. The third kappa shape index (κ3) is 4.10. The molecule has 0 unspecified atom stereocenters. The summed E-state index contributed by atoms with van der Waals surface area (Å²) in [6.45, 7) is 6.00. The molecule has 27 heavy (non-hydrogen) atoms. The first-order valence-corrected chi connectivity index (χ1v) is 9.37. The zero-order valence-electron chi connectivity index (χ0n) is 15.6. The van der Waals surface area contributed by atoms with E-state index in [1.165, 1.54) is 6.07 Å². The molecule has 140 valence electrons. The Hall–Kier alpha value is -2.50. The van der Waals surface area contributed by atoms with Crippen molar-refractivity contribution in [3.63, 3.8) is 0 Å². The van der Waals surface area contributed by atoms with Gasteiger partial charge in [0, 0.05) is 56.1 Å². The Morgan fingerprint density at radius 3 is 2.56 bits per heavy atom. The van der Waals surface area contributed by atoms with Gasteiger partial charge in [-0.15, -0.1) is 0 Å². The van der Waals surface area contributed by atoms with Gasteiger partial charge in [-0.05, 0) is 48.3 Å². The van der Waals surface area contributed by atoms with Crippen molar-refractivity contribution < 1.29 is 9.13 Å². The quantitative estimate of drug-likeness (QED) is 0.690.